The van der Waals surface area contributed by atoms with E-state index in [1.165, 1.54) is 34.3 Å². The summed E-state index contributed by atoms with van der Waals surface area (Å²) < 4.78 is 41.2. The normalized spacial score (nSPS) is 16.9. The van der Waals surface area contributed by atoms with Crippen molar-refractivity contribution in [3.05, 3.63) is 53.5 Å². The molecule has 1 aromatic carbocycles. The van der Waals surface area contributed by atoms with E-state index in [0.717, 1.165) is 18.4 Å². The number of rotatable bonds is 3. The number of sulfonamides is 1. The molecule has 0 fully saturated rings. The number of fused-ring (bicyclic) bond motifs is 2. The van der Waals surface area contributed by atoms with Crippen molar-refractivity contribution in [3.63, 3.8) is 0 Å². The summed E-state index contributed by atoms with van der Waals surface area (Å²) in [5.41, 5.74) is 3.40. The topological polar surface area (TPSA) is 83.8 Å². The largest absolute Gasteiger partial charge is 0.355 e. The smallest absolute Gasteiger partial charge is 0.255 e. The SMILES string of the molecule is CNC(=O)c1c(-c2ccc(F)cc2)nn2cc3c(cc12)[C@@H](C)CCCN3S(C)(=O)=O. The molecule has 3 aromatic rings. The Balaban J connectivity index is 2.03. The molecule has 0 aliphatic carbocycles. The molecule has 1 amide bonds. The highest BCUT2D eigenvalue weighted by atomic mass is 32.2. The summed E-state index contributed by atoms with van der Waals surface area (Å²) in [7, 11) is -1.93. The highest BCUT2D eigenvalue weighted by molar-refractivity contribution is 7.92. The number of halogens is 1. The summed E-state index contributed by atoms with van der Waals surface area (Å²) in [4.78, 5) is 12.7. The van der Waals surface area contributed by atoms with Gasteiger partial charge in [-0.3, -0.25) is 9.10 Å². The van der Waals surface area contributed by atoms with Crippen LogP contribution in [0, 0.1) is 5.82 Å². The predicted octanol–water partition coefficient (Wildman–Crippen LogP) is 3.16. The van der Waals surface area contributed by atoms with Gasteiger partial charge in [0.05, 0.1) is 29.2 Å². The van der Waals surface area contributed by atoms with Gasteiger partial charge in [0.25, 0.3) is 5.91 Å². The summed E-state index contributed by atoms with van der Waals surface area (Å²) in [5, 5.41) is 7.22. The van der Waals surface area contributed by atoms with Crippen LogP contribution in [0.3, 0.4) is 0 Å². The van der Waals surface area contributed by atoms with Gasteiger partial charge >= 0.3 is 0 Å². The maximum absolute atomic E-state index is 13.4. The molecule has 1 aliphatic heterocycles. The number of hydrogen-bond acceptors (Lipinski definition) is 4. The Morgan fingerprint density at radius 1 is 1.27 bits per heavy atom. The Kier molecular flexibility index (Phi) is 5.01. The van der Waals surface area contributed by atoms with Crippen molar-refractivity contribution in [2.45, 2.75) is 25.7 Å². The van der Waals surface area contributed by atoms with E-state index in [2.05, 4.69) is 17.3 Å². The average Bonchev–Trinajstić information content (AvgIpc) is 2.98. The molecule has 158 valence electrons. The zero-order valence-corrected chi connectivity index (χ0v) is 17.8. The molecule has 1 N–H and O–H groups in total. The van der Waals surface area contributed by atoms with Crippen molar-refractivity contribution in [3.8, 4) is 11.3 Å². The van der Waals surface area contributed by atoms with Crippen molar-refractivity contribution in [1.82, 2.24) is 14.9 Å². The minimum atomic E-state index is -3.46. The van der Waals surface area contributed by atoms with E-state index in [4.69, 9.17) is 0 Å². The molecule has 7 nitrogen and oxygen atoms in total. The lowest BCUT2D eigenvalue weighted by Gasteiger charge is -2.23. The maximum Gasteiger partial charge on any atom is 0.255 e. The van der Waals surface area contributed by atoms with Crippen LogP contribution in [-0.2, 0) is 10.0 Å². The van der Waals surface area contributed by atoms with Crippen LogP contribution < -0.4 is 9.62 Å². The highest BCUT2D eigenvalue weighted by Gasteiger charge is 2.29. The third-order valence-corrected chi connectivity index (χ3v) is 6.73. The van der Waals surface area contributed by atoms with Crippen molar-refractivity contribution in [2.75, 3.05) is 24.2 Å². The van der Waals surface area contributed by atoms with Crippen LogP contribution in [0.5, 0.6) is 0 Å². The van der Waals surface area contributed by atoms with Gasteiger partial charge in [-0.25, -0.2) is 17.3 Å². The number of anilines is 1. The molecule has 1 atom stereocenters. The van der Waals surface area contributed by atoms with E-state index in [0.29, 0.717) is 34.6 Å². The van der Waals surface area contributed by atoms with E-state index >= 15 is 0 Å². The van der Waals surface area contributed by atoms with Crippen LogP contribution in [0.15, 0.2) is 36.5 Å². The number of aromatic nitrogens is 2. The van der Waals surface area contributed by atoms with Gasteiger partial charge < -0.3 is 5.32 Å². The Morgan fingerprint density at radius 2 is 1.97 bits per heavy atom. The summed E-state index contributed by atoms with van der Waals surface area (Å²) in [5.74, 6) is -0.572. The van der Waals surface area contributed by atoms with Crippen molar-refractivity contribution in [1.29, 1.82) is 0 Å². The molecule has 2 aromatic heterocycles. The van der Waals surface area contributed by atoms with Crippen LogP contribution in [0.1, 0.15) is 41.6 Å². The molecule has 1 aliphatic rings. The Hall–Kier alpha value is -2.94. The number of hydrogen-bond donors (Lipinski definition) is 1. The average molecular weight is 431 g/mol. The third kappa shape index (κ3) is 3.43. The van der Waals surface area contributed by atoms with Gasteiger partial charge in [0.1, 0.15) is 11.5 Å². The van der Waals surface area contributed by atoms with Crippen molar-refractivity contribution >= 4 is 27.1 Å². The molecule has 4 rings (SSSR count). The molecule has 0 spiro atoms. The fourth-order valence-electron chi connectivity index (χ4n) is 4.02. The van der Waals surface area contributed by atoms with Crippen LogP contribution in [0.25, 0.3) is 16.8 Å². The lowest BCUT2D eigenvalue weighted by Crippen LogP contribution is -2.31. The predicted molar refractivity (Wildman–Crippen MR) is 114 cm³/mol. The fraction of sp³-hybridized carbons (Fsp3) is 0.333. The maximum atomic E-state index is 13.4. The second-order valence-corrected chi connectivity index (χ2v) is 9.54. The van der Waals surface area contributed by atoms with E-state index in [1.807, 2.05) is 6.07 Å². The Morgan fingerprint density at radius 3 is 2.60 bits per heavy atom. The molecule has 9 heteroatoms. The van der Waals surface area contributed by atoms with Crippen LogP contribution in [0.2, 0.25) is 0 Å². The number of pyridine rings is 1. The lowest BCUT2D eigenvalue weighted by molar-refractivity contribution is 0.0965. The minimum Gasteiger partial charge on any atom is -0.355 e. The number of carbonyl (C=O) groups is 1. The van der Waals surface area contributed by atoms with Gasteiger partial charge in [0.15, 0.2) is 0 Å². The van der Waals surface area contributed by atoms with Crippen LogP contribution in [0.4, 0.5) is 10.1 Å². The molecular formula is C21H23FN4O3S. The van der Waals surface area contributed by atoms with Gasteiger partial charge in [-0.15, -0.1) is 0 Å². The first kappa shape index (κ1) is 20.3. The van der Waals surface area contributed by atoms with Crippen LogP contribution in [-0.4, -0.2) is 43.8 Å². The van der Waals surface area contributed by atoms with Crippen molar-refractivity contribution < 1.29 is 17.6 Å². The number of carbonyl (C=O) groups excluding carboxylic acids is 1. The fourth-order valence-corrected chi connectivity index (χ4v) is 4.99. The van der Waals surface area contributed by atoms with Crippen LogP contribution >= 0.6 is 0 Å². The summed E-state index contributed by atoms with van der Waals surface area (Å²) in [6.07, 6.45) is 4.45. The molecule has 0 saturated heterocycles. The second kappa shape index (κ2) is 7.39. The number of nitrogens with one attached hydrogen (secondary N) is 1. The zero-order valence-electron chi connectivity index (χ0n) is 17.0. The quantitative estimate of drug-likeness (QED) is 0.692. The molecule has 0 unspecified atom stereocenters. The van der Waals surface area contributed by atoms with Gasteiger partial charge in [-0.1, -0.05) is 6.92 Å². The minimum absolute atomic E-state index is 0.124. The molecule has 30 heavy (non-hydrogen) atoms. The Labute approximate surface area is 174 Å². The first-order chi connectivity index (χ1) is 14.2. The number of amides is 1. The summed E-state index contributed by atoms with van der Waals surface area (Å²) in [6, 6.07) is 7.62. The number of nitrogens with zero attached hydrogens (tertiary/aromatic N) is 3. The third-order valence-electron chi connectivity index (χ3n) is 5.55. The van der Waals surface area contributed by atoms with Gasteiger partial charge in [0, 0.05) is 19.2 Å². The first-order valence-corrected chi connectivity index (χ1v) is 11.6. The van der Waals surface area contributed by atoms with Crippen molar-refractivity contribution in [2.24, 2.45) is 0 Å². The molecule has 0 radical (unpaired) electrons. The number of benzene rings is 1. The van der Waals surface area contributed by atoms with Gasteiger partial charge in [-0.05, 0) is 54.7 Å². The molecular weight excluding hydrogens is 407 g/mol. The molecule has 3 heterocycles. The van der Waals surface area contributed by atoms with E-state index in [9.17, 15) is 17.6 Å². The summed E-state index contributed by atoms with van der Waals surface area (Å²) in [6.45, 7) is 2.45. The molecule has 0 bridgehead atoms. The monoisotopic (exact) mass is 430 g/mol. The lowest BCUT2D eigenvalue weighted by atomic mass is 9.96. The van der Waals surface area contributed by atoms with Gasteiger partial charge in [0.2, 0.25) is 10.0 Å². The second-order valence-electron chi connectivity index (χ2n) is 7.63. The van der Waals surface area contributed by atoms with E-state index in [-0.39, 0.29) is 17.6 Å². The standard InChI is InChI=1S/C21H23FN4O3S/c1-13-5-4-10-26(30(3,28)29)18-12-25-17(11-16(13)18)19(21(27)23-2)20(24-25)14-6-8-15(22)9-7-14/h6-9,11-13H,4-5,10H2,1-3H3,(H,23,27)/t13-/m0/s1. The molecule has 0 saturated carbocycles. The Bertz CT molecular complexity index is 1240. The van der Waals surface area contributed by atoms with E-state index < -0.39 is 10.0 Å². The van der Waals surface area contributed by atoms with E-state index in [1.54, 1.807) is 18.3 Å². The highest BCUT2D eigenvalue weighted by Crippen LogP contribution is 2.38. The zero-order chi connectivity index (χ0) is 21.6. The van der Waals surface area contributed by atoms with Gasteiger partial charge in [-0.2, -0.15) is 5.10 Å². The first-order valence-electron chi connectivity index (χ1n) is 9.72. The summed E-state index contributed by atoms with van der Waals surface area (Å²) >= 11 is 0.